The van der Waals surface area contributed by atoms with Crippen molar-refractivity contribution in [1.82, 2.24) is 4.72 Å². The van der Waals surface area contributed by atoms with E-state index in [0.29, 0.717) is 41.9 Å². The number of carbonyl (C=O) groups excluding carboxylic acids is 1. The first-order valence-corrected chi connectivity index (χ1v) is 10.8. The van der Waals surface area contributed by atoms with Crippen LogP contribution in [0.15, 0.2) is 41.3 Å². The van der Waals surface area contributed by atoms with Crippen LogP contribution in [0.4, 0.5) is 5.69 Å². The van der Waals surface area contributed by atoms with Crippen LogP contribution in [0.1, 0.15) is 6.42 Å². The molecule has 10 heteroatoms. The molecule has 4 rings (SSSR count). The molecule has 30 heavy (non-hydrogen) atoms. The minimum absolute atomic E-state index is 0.0328. The lowest BCUT2D eigenvalue weighted by molar-refractivity contribution is -0.117. The molecule has 1 amide bonds. The van der Waals surface area contributed by atoms with E-state index in [1.807, 2.05) is 0 Å². The Hall–Kier alpha value is -2.98. The van der Waals surface area contributed by atoms with Crippen LogP contribution in [0.2, 0.25) is 0 Å². The highest BCUT2D eigenvalue weighted by molar-refractivity contribution is 7.89. The number of sulfonamides is 1. The second kappa shape index (κ2) is 8.04. The highest BCUT2D eigenvalue weighted by atomic mass is 32.2. The predicted molar refractivity (Wildman–Crippen MR) is 108 cm³/mol. The van der Waals surface area contributed by atoms with Gasteiger partial charge in [0.2, 0.25) is 15.9 Å². The molecule has 2 aliphatic heterocycles. The molecular weight excluding hydrogens is 412 g/mol. The largest absolute Gasteiger partial charge is 0.493 e. The van der Waals surface area contributed by atoms with E-state index in [0.717, 1.165) is 0 Å². The zero-order valence-electron chi connectivity index (χ0n) is 16.6. The van der Waals surface area contributed by atoms with Gasteiger partial charge in [0.25, 0.3) is 0 Å². The number of nitrogens with one attached hydrogen (secondary N) is 1. The zero-order valence-corrected chi connectivity index (χ0v) is 17.4. The Morgan fingerprint density at radius 3 is 2.47 bits per heavy atom. The smallest absolute Gasteiger partial charge is 0.241 e. The fourth-order valence-corrected chi connectivity index (χ4v) is 4.75. The average Bonchev–Trinajstić information content (AvgIpc) is 3.11. The highest BCUT2D eigenvalue weighted by Gasteiger charge is 2.34. The Kier molecular flexibility index (Phi) is 5.44. The number of methoxy groups -OCH3 is 2. The van der Waals surface area contributed by atoms with E-state index in [4.69, 9.17) is 18.9 Å². The molecule has 1 saturated heterocycles. The lowest BCUT2D eigenvalue weighted by Gasteiger charge is -2.22. The quantitative estimate of drug-likeness (QED) is 0.736. The van der Waals surface area contributed by atoms with Gasteiger partial charge in [-0.2, -0.15) is 0 Å². The molecule has 0 unspecified atom stereocenters. The third-order valence-corrected chi connectivity index (χ3v) is 6.47. The molecule has 0 bridgehead atoms. The number of rotatable bonds is 6. The molecule has 2 aromatic carbocycles. The molecule has 0 radical (unpaired) electrons. The summed E-state index contributed by atoms with van der Waals surface area (Å²) in [7, 11) is -0.948. The Morgan fingerprint density at radius 1 is 1.00 bits per heavy atom. The number of amides is 1. The molecule has 0 aromatic heterocycles. The Bertz CT molecular complexity index is 1070. The number of fused-ring (bicyclic) bond motifs is 1. The van der Waals surface area contributed by atoms with Crippen molar-refractivity contribution in [3.05, 3.63) is 36.4 Å². The van der Waals surface area contributed by atoms with Gasteiger partial charge in [0, 0.05) is 36.8 Å². The van der Waals surface area contributed by atoms with Crippen LogP contribution >= 0.6 is 0 Å². The van der Waals surface area contributed by atoms with Gasteiger partial charge in [-0.15, -0.1) is 0 Å². The van der Waals surface area contributed by atoms with Crippen LogP contribution in [-0.2, 0) is 14.8 Å². The summed E-state index contributed by atoms with van der Waals surface area (Å²) in [6, 6.07) is 9.01. The fraction of sp³-hybridized carbons (Fsp3) is 0.350. The van der Waals surface area contributed by atoms with E-state index in [1.165, 1.54) is 32.4 Å². The maximum atomic E-state index is 12.8. The van der Waals surface area contributed by atoms with Crippen LogP contribution in [0.3, 0.4) is 0 Å². The maximum Gasteiger partial charge on any atom is 0.241 e. The lowest BCUT2D eigenvalue weighted by atomic mass is 10.2. The van der Waals surface area contributed by atoms with Crippen molar-refractivity contribution in [3.8, 4) is 23.0 Å². The minimum Gasteiger partial charge on any atom is -0.493 e. The molecule has 160 valence electrons. The highest BCUT2D eigenvalue weighted by Crippen LogP contribution is 2.35. The van der Waals surface area contributed by atoms with Crippen LogP contribution in [0.25, 0.3) is 0 Å². The number of benzene rings is 2. The van der Waals surface area contributed by atoms with Gasteiger partial charge in [-0.25, -0.2) is 13.1 Å². The van der Waals surface area contributed by atoms with E-state index < -0.39 is 16.1 Å². The average molecular weight is 434 g/mol. The number of anilines is 1. The van der Waals surface area contributed by atoms with Crippen molar-refractivity contribution in [2.24, 2.45) is 0 Å². The number of hydrogen-bond donors (Lipinski definition) is 1. The number of carbonyl (C=O) groups is 1. The summed E-state index contributed by atoms with van der Waals surface area (Å²) < 4.78 is 49.6. The van der Waals surface area contributed by atoms with Gasteiger partial charge in [-0.05, 0) is 24.3 Å². The van der Waals surface area contributed by atoms with Crippen molar-refractivity contribution in [1.29, 1.82) is 0 Å². The summed E-state index contributed by atoms with van der Waals surface area (Å²) in [5, 5.41) is 0. The molecule has 0 saturated carbocycles. The molecule has 2 aromatic rings. The van der Waals surface area contributed by atoms with Crippen molar-refractivity contribution in [3.63, 3.8) is 0 Å². The number of hydrogen-bond acceptors (Lipinski definition) is 7. The lowest BCUT2D eigenvalue weighted by Crippen LogP contribution is -2.37. The van der Waals surface area contributed by atoms with Crippen molar-refractivity contribution in [2.45, 2.75) is 17.4 Å². The first kappa shape index (κ1) is 20.3. The Balaban J connectivity index is 1.50. The standard InChI is InChI=1S/C20H22N2O7S/c1-26-16-6-4-15(11-18(16)27-2)30(24,25)21-13-9-20(23)22(12-13)14-3-5-17-19(10-14)29-8-7-28-17/h3-6,10-11,13,21H,7-9,12H2,1-2H3/t13-/m0/s1. The van der Waals surface area contributed by atoms with Gasteiger partial charge in [0.05, 0.1) is 19.1 Å². The molecule has 0 spiro atoms. The van der Waals surface area contributed by atoms with E-state index >= 15 is 0 Å². The van der Waals surface area contributed by atoms with Crippen LogP contribution in [0, 0.1) is 0 Å². The van der Waals surface area contributed by atoms with Gasteiger partial charge >= 0.3 is 0 Å². The maximum absolute atomic E-state index is 12.8. The molecule has 1 fully saturated rings. The van der Waals surface area contributed by atoms with Crippen molar-refractivity contribution < 1.29 is 32.2 Å². The Labute approximate surface area is 174 Å². The first-order valence-electron chi connectivity index (χ1n) is 9.35. The normalized spacial score (nSPS) is 18.4. The van der Waals surface area contributed by atoms with Crippen LogP contribution < -0.4 is 28.6 Å². The molecule has 9 nitrogen and oxygen atoms in total. The van der Waals surface area contributed by atoms with E-state index in [2.05, 4.69) is 4.72 Å². The summed E-state index contributed by atoms with van der Waals surface area (Å²) in [4.78, 5) is 14.1. The zero-order chi connectivity index (χ0) is 21.3. The number of nitrogens with zero attached hydrogens (tertiary/aromatic N) is 1. The third-order valence-electron chi connectivity index (χ3n) is 4.95. The first-order chi connectivity index (χ1) is 14.4. The van der Waals surface area contributed by atoms with Crippen LogP contribution in [-0.4, -0.2) is 54.3 Å². The van der Waals surface area contributed by atoms with Gasteiger partial charge in [-0.3, -0.25) is 4.79 Å². The molecule has 1 atom stereocenters. The minimum atomic E-state index is -3.85. The second-order valence-corrected chi connectivity index (χ2v) is 8.59. The summed E-state index contributed by atoms with van der Waals surface area (Å²) in [5.41, 5.74) is 0.636. The van der Waals surface area contributed by atoms with Gasteiger partial charge in [-0.1, -0.05) is 0 Å². The topological polar surface area (TPSA) is 103 Å². The van der Waals surface area contributed by atoms with Crippen molar-refractivity contribution >= 4 is 21.6 Å². The van der Waals surface area contributed by atoms with E-state index in [1.54, 1.807) is 23.1 Å². The van der Waals surface area contributed by atoms with E-state index in [-0.39, 0.29) is 23.8 Å². The second-order valence-electron chi connectivity index (χ2n) is 6.87. The summed E-state index contributed by atoms with van der Waals surface area (Å²) in [5.74, 6) is 1.76. The predicted octanol–water partition coefficient (Wildman–Crippen LogP) is 1.56. The van der Waals surface area contributed by atoms with E-state index in [9.17, 15) is 13.2 Å². The fourth-order valence-electron chi connectivity index (χ4n) is 3.51. The molecular formula is C20H22N2O7S. The van der Waals surface area contributed by atoms with Crippen molar-refractivity contribution in [2.75, 3.05) is 38.9 Å². The molecule has 0 aliphatic carbocycles. The van der Waals surface area contributed by atoms with Crippen LogP contribution in [0.5, 0.6) is 23.0 Å². The molecule has 1 N–H and O–H groups in total. The van der Waals surface area contributed by atoms with Gasteiger partial charge < -0.3 is 23.8 Å². The summed E-state index contributed by atoms with van der Waals surface area (Å²) >= 11 is 0. The Morgan fingerprint density at radius 2 is 1.73 bits per heavy atom. The van der Waals surface area contributed by atoms with Gasteiger partial charge in [0.1, 0.15) is 13.2 Å². The van der Waals surface area contributed by atoms with Gasteiger partial charge in [0.15, 0.2) is 23.0 Å². The summed E-state index contributed by atoms with van der Waals surface area (Å²) in [6.07, 6.45) is 0.0565. The SMILES string of the molecule is COc1ccc(S(=O)(=O)N[C@H]2CC(=O)N(c3ccc4c(c3)OCCO4)C2)cc1OC. The molecule has 2 heterocycles. The number of ether oxygens (including phenoxy) is 4. The third kappa shape index (κ3) is 3.88. The summed E-state index contributed by atoms with van der Waals surface area (Å²) in [6.45, 7) is 1.14. The molecule has 2 aliphatic rings. The monoisotopic (exact) mass is 434 g/mol.